The van der Waals surface area contributed by atoms with Crippen LogP contribution >= 0.6 is 0 Å². The number of nitrogen functional groups attached to an aromatic ring is 1. The molecule has 0 atom stereocenters. The van der Waals surface area contributed by atoms with Crippen molar-refractivity contribution in [1.82, 2.24) is 20.2 Å². The highest BCUT2D eigenvalue weighted by Crippen LogP contribution is 2.29. The average Bonchev–Trinajstić information content (AvgIpc) is 2.63. The van der Waals surface area contributed by atoms with Gasteiger partial charge in [0, 0.05) is 0 Å². The minimum absolute atomic E-state index is 0.0137. The molecule has 0 aliphatic heterocycles. The molecule has 84 valence electrons. The van der Waals surface area contributed by atoms with Gasteiger partial charge < -0.3 is 5.73 Å². The second-order valence-corrected chi connectivity index (χ2v) is 2.99. The molecule has 0 spiro atoms. The molecule has 0 radical (unpaired) electrons. The van der Waals surface area contributed by atoms with Gasteiger partial charge in [0.1, 0.15) is 0 Å². The van der Waals surface area contributed by atoms with Crippen LogP contribution in [0.15, 0.2) is 24.3 Å². The number of hydrogen-bond acceptors (Lipinski definition) is 4. The quantitative estimate of drug-likeness (QED) is 0.799. The molecule has 2 rings (SSSR count). The molecule has 0 aliphatic carbocycles. The third-order valence-electron chi connectivity index (χ3n) is 1.93. The van der Waals surface area contributed by atoms with E-state index >= 15 is 0 Å². The molecule has 0 saturated heterocycles. The molecule has 0 saturated carbocycles. The summed E-state index contributed by atoms with van der Waals surface area (Å²) in [6.45, 7) is 0. The van der Waals surface area contributed by atoms with Crippen molar-refractivity contribution in [3.05, 3.63) is 29.8 Å². The Hall–Kier alpha value is -2.12. The topological polar surface area (TPSA) is 69.6 Å². The van der Waals surface area contributed by atoms with Crippen molar-refractivity contribution in [1.29, 1.82) is 0 Å². The minimum atomic E-state index is -4.36. The van der Waals surface area contributed by atoms with Gasteiger partial charge in [0.2, 0.25) is 5.95 Å². The lowest BCUT2D eigenvalue weighted by Gasteiger charge is -2.07. The fourth-order valence-electron chi connectivity index (χ4n) is 1.17. The number of nitrogens with two attached hydrogens (primary N) is 1. The van der Waals surface area contributed by atoms with Crippen LogP contribution in [0, 0.1) is 0 Å². The first kappa shape index (κ1) is 10.4. The van der Waals surface area contributed by atoms with Crippen LogP contribution in [-0.2, 0) is 6.18 Å². The first-order valence-corrected chi connectivity index (χ1v) is 4.20. The number of halogens is 3. The summed E-state index contributed by atoms with van der Waals surface area (Å²) in [7, 11) is 0. The second-order valence-electron chi connectivity index (χ2n) is 2.99. The summed E-state index contributed by atoms with van der Waals surface area (Å²) in [5, 5.41) is 10.2. The van der Waals surface area contributed by atoms with Crippen LogP contribution in [0.25, 0.3) is 5.69 Å². The maximum atomic E-state index is 12.3. The van der Waals surface area contributed by atoms with Gasteiger partial charge in [-0.05, 0) is 34.7 Å². The van der Waals surface area contributed by atoms with Crippen LogP contribution < -0.4 is 5.73 Å². The van der Waals surface area contributed by atoms with Gasteiger partial charge in [0.15, 0.2) is 0 Å². The van der Waals surface area contributed by atoms with E-state index in [1.807, 2.05) is 0 Å². The summed E-state index contributed by atoms with van der Waals surface area (Å²) in [6.07, 6.45) is -4.36. The van der Waals surface area contributed by atoms with Gasteiger partial charge in [-0.15, -0.1) is 0 Å². The van der Waals surface area contributed by atoms with Gasteiger partial charge in [0.05, 0.1) is 11.3 Å². The SMILES string of the molecule is Nc1nnnn1-c1ccc(C(F)(F)F)cc1. The second kappa shape index (κ2) is 3.47. The van der Waals surface area contributed by atoms with Crippen molar-refractivity contribution in [3.8, 4) is 5.69 Å². The molecule has 0 unspecified atom stereocenters. The minimum Gasteiger partial charge on any atom is -0.366 e. The Morgan fingerprint density at radius 2 is 1.75 bits per heavy atom. The van der Waals surface area contributed by atoms with Crippen molar-refractivity contribution in [2.75, 3.05) is 5.73 Å². The van der Waals surface area contributed by atoms with Crippen molar-refractivity contribution in [2.24, 2.45) is 0 Å². The van der Waals surface area contributed by atoms with Crippen LogP contribution in [0.5, 0.6) is 0 Å². The molecule has 0 amide bonds. The number of aromatic nitrogens is 4. The highest BCUT2D eigenvalue weighted by molar-refractivity contribution is 5.38. The number of rotatable bonds is 1. The van der Waals surface area contributed by atoms with E-state index in [-0.39, 0.29) is 5.95 Å². The summed E-state index contributed by atoms with van der Waals surface area (Å²) in [5.41, 5.74) is 5.04. The van der Waals surface area contributed by atoms with Gasteiger partial charge in [-0.2, -0.15) is 17.9 Å². The summed E-state index contributed by atoms with van der Waals surface area (Å²) in [4.78, 5) is 0. The molecule has 2 aromatic rings. The fourth-order valence-corrected chi connectivity index (χ4v) is 1.17. The van der Waals surface area contributed by atoms with Crippen molar-refractivity contribution < 1.29 is 13.2 Å². The number of anilines is 1. The van der Waals surface area contributed by atoms with E-state index in [2.05, 4.69) is 15.5 Å². The van der Waals surface area contributed by atoms with E-state index in [1.165, 1.54) is 12.1 Å². The summed E-state index contributed by atoms with van der Waals surface area (Å²) in [5.74, 6) is 0.0137. The van der Waals surface area contributed by atoms with E-state index < -0.39 is 11.7 Å². The van der Waals surface area contributed by atoms with Gasteiger partial charge in [-0.25, -0.2) is 0 Å². The molecule has 0 bridgehead atoms. The van der Waals surface area contributed by atoms with Crippen LogP contribution in [0.3, 0.4) is 0 Å². The molecule has 1 aromatic heterocycles. The maximum Gasteiger partial charge on any atom is 0.416 e. The monoisotopic (exact) mass is 229 g/mol. The van der Waals surface area contributed by atoms with Crippen LogP contribution in [0.1, 0.15) is 5.56 Å². The first-order valence-electron chi connectivity index (χ1n) is 4.20. The lowest BCUT2D eigenvalue weighted by Crippen LogP contribution is -2.06. The van der Waals surface area contributed by atoms with Crippen LogP contribution in [-0.4, -0.2) is 20.2 Å². The normalized spacial score (nSPS) is 11.7. The zero-order valence-electron chi connectivity index (χ0n) is 7.81. The largest absolute Gasteiger partial charge is 0.416 e. The molecule has 16 heavy (non-hydrogen) atoms. The molecule has 5 nitrogen and oxygen atoms in total. The number of benzene rings is 1. The Balaban J connectivity index is 2.37. The zero-order valence-corrected chi connectivity index (χ0v) is 7.81. The van der Waals surface area contributed by atoms with Crippen molar-refractivity contribution >= 4 is 5.95 Å². The van der Waals surface area contributed by atoms with E-state index in [0.29, 0.717) is 5.69 Å². The van der Waals surface area contributed by atoms with Gasteiger partial charge in [-0.1, -0.05) is 5.10 Å². The molecule has 0 fully saturated rings. The smallest absolute Gasteiger partial charge is 0.366 e. The summed E-state index contributed by atoms with van der Waals surface area (Å²) < 4.78 is 37.9. The highest BCUT2D eigenvalue weighted by atomic mass is 19.4. The van der Waals surface area contributed by atoms with E-state index in [1.54, 1.807) is 0 Å². The Labute approximate surface area is 87.7 Å². The van der Waals surface area contributed by atoms with Crippen LogP contribution in [0.4, 0.5) is 19.1 Å². The lowest BCUT2D eigenvalue weighted by atomic mass is 10.2. The number of tetrazole rings is 1. The fraction of sp³-hybridized carbons (Fsp3) is 0.125. The average molecular weight is 229 g/mol. The predicted octanol–water partition coefficient (Wildman–Crippen LogP) is 1.26. The number of nitrogens with zero attached hydrogens (tertiary/aromatic N) is 4. The molecule has 1 aromatic carbocycles. The maximum absolute atomic E-state index is 12.3. The molecule has 0 aliphatic rings. The molecule has 2 N–H and O–H groups in total. The summed E-state index contributed by atoms with van der Waals surface area (Å²) >= 11 is 0. The van der Waals surface area contributed by atoms with Gasteiger partial charge in [0.25, 0.3) is 0 Å². The lowest BCUT2D eigenvalue weighted by molar-refractivity contribution is -0.137. The highest BCUT2D eigenvalue weighted by Gasteiger charge is 2.30. The molecular formula is C8H6F3N5. The zero-order chi connectivity index (χ0) is 11.8. The first-order chi connectivity index (χ1) is 7.48. The Morgan fingerprint density at radius 3 is 2.19 bits per heavy atom. The molecular weight excluding hydrogens is 223 g/mol. The number of alkyl halides is 3. The van der Waals surface area contributed by atoms with Crippen molar-refractivity contribution in [3.63, 3.8) is 0 Å². The van der Waals surface area contributed by atoms with Gasteiger partial charge in [-0.3, -0.25) is 0 Å². The van der Waals surface area contributed by atoms with E-state index in [0.717, 1.165) is 16.8 Å². The van der Waals surface area contributed by atoms with E-state index in [9.17, 15) is 13.2 Å². The Morgan fingerprint density at radius 1 is 1.12 bits per heavy atom. The molecule has 1 heterocycles. The standard InChI is InChI=1S/C8H6F3N5/c9-8(10,11)5-1-3-6(4-2-5)16-7(12)13-14-15-16/h1-4H,(H2,12,13,15). The summed E-state index contributed by atoms with van der Waals surface area (Å²) in [6, 6.07) is 4.37. The third-order valence-corrected chi connectivity index (χ3v) is 1.93. The molecule has 8 heteroatoms. The van der Waals surface area contributed by atoms with E-state index in [4.69, 9.17) is 5.73 Å². The third kappa shape index (κ3) is 1.81. The number of hydrogen-bond donors (Lipinski definition) is 1. The van der Waals surface area contributed by atoms with Crippen molar-refractivity contribution in [2.45, 2.75) is 6.18 Å². The predicted molar refractivity (Wildman–Crippen MR) is 48.6 cm³/mol. The Kier molecular flexibility index (Phi) is 2.26. The van der Waals surface area contributed by atoms with Gasteiger partial charge >= 0.3 is 6.18 Å². The Bertz CT molecular complexity index is 487. The van der Waals surface area contributed by atoms with Crippen LogP contribution in [0.2, 0.25) is 0 Å².